The van der Waals surface area contributed by atoms with Crippen LogP contribution < -0.4 is 4.90 Å². The van der Waals surface area contributed by atoms with E-state index < -0.39 is 0 Å². The van der Waals surface area contributed by atoms with Crippen molar-refractivity contribution in [3.63, 3.8) is 0 Å². The molecule has 2 aromatic heterocycles. The number of carbonyl (C=O) groups excluding carboxylic acids is 2. The molecule has 1 spiro atoms. The van der Waals surface area contributed by atoms with Crippen LogP contribution in [0.2, 0.25) is 0 Å². The minimum atomic E-state index is -0.372. The van der Waals surface area contributed by atoms with Gasteiger partial charge in [-0.15, -0.1) is 0 Å². The second-order valence-corrected chi connectivity index (χ2v) is 7.14. The number of hydrogen-bond acceptors (Lipinski definition) is 6. The Morgan fingerprint density at radius 3 is 2.76 bits per heavy atom. The highest BCUT2D eigenvalue weighted by Crippen LogP contribution is 2.33. The second-order valence-electron chi connectivity index (χ2n) is 6.36. The van der Waals surface area contributed by atoms with Crippen LogP contribution in [-0.2, 0) is 9.53 Å². The summed E-state index contributed by atoms with van der Waals surface area (Å²) in [4.78, 5) is 28.4. The molecular weight excluding hydrogens is 340 g/mol. The van der Waals surface area contributed by atoms with Crippen molar-refractivity contribution in [3.05, 3.63) is 40.8 Å². The van der Waals surface area contributed by atoms with Gasteiger partial charge in [-0.05, 0) is 30.4 Å². The number of amides is 2. The highest BCUT2D eigenvalue weighted by atomic mass is 32.1. The molecule has 0 unspecified atom stereocenters. The number of rotatable bonds is 2. The lowest BCUT2D eigenvalue weighted by molar-refractivity contribution is -0.143. The number of hydrogen-bond donors (Lipinski definition) is 0. The first kappa shape index (κ1) is 16.2. The molecule has 2 aliphatic heterocycles. The summed E-state index contributed by atoms with van der Waals surface area (Å²) < 4.78 is 5.93. The van der Waals surface area contributed by atoms with Crippen LogP contribution in [0.3, 0.4) is 0 Å². The van der Waals surface area contributed by atoms with Crippen molar-refractivity contribution >= 4 is 28.8 Å². The van der Waals surface area contributed by atoms with Gasteiger partial charge in [0.2, 0.25) is 0 Å². The molecule has 25 heavy (non-hydrogen) atoms. The van der Waals surface area contributed by atoms with Gasteiger partial charge in [0, 0.05) is 18.5 Å². The Morgan fingerprint density at radius 2 is 2.08 bits per heavy atom. The second kappa shape index (κ2) is 6.53. The third-order valence-electron chi connectivity index (χ3n) is 4.86. The van der Waals surface area contributed by atoms with Gasteiger partial charge in [0.25, 0.3) is 11.8 Å². The summed E-state index contributed by atoms with van der Waals surface area (Å²) in [7, 11) is 0. The van der Waals surface area contributed by atoms with Crippen molar-refractivity contribution < 1.29 is 14.3 Å². The first-order chi connectivity index (χ1) is 12.2. The third kappa shape index (κ3) is 3.14. The molecule has 0 aromatic carbocycles. The zero-order valence-electron chi connectivity index (χ0n) is 13.6. The van der Waals surface area contributed by atoms with E-state index in [1.807, 2.05) is 26.6 Å². The van der Waals surface area contributed by atoms with Crippen molar-refractivity contribution in [3.8, 4) is 0 Å². The molecule has 2 fully saturated rings. The number of aromatic nitrogens is 2. The molecular formula is C17H18N4O3S. The topological polar surface area (TPSA) is 75.6 Å². The van der Waals surface area contributed by atoms with Gasteiger partial charge in [0.1, 0.15) is 6.61 Å². The summed E-state index contributed by atoms with van der Waals surface area (Å²) in [6, 6.07) is 3.63. The number of carbonyl (C=O) groups is 2. The van der Waals surface area contributed by atoms with Gasteiger partial charge in [-0.3, -0.25) is 9.59 Å². The molecule has 0 radical (unpaired) electrons. The average molecular weight is 358 g/mol. The van der Waals surface area contributed by atoms with E-state index in [4.69, 9.17) is 4.74 Å². The minimum absolute atomic E-state index is 0.00890. The SMILES string of the molecule is O=C(c1ccnnc1)N1CCC2(CC1)CN(c1ccsc1)C(=O)CO2. The van der Waals surface area contributed by atoms with Gasteiger partial charge >= 0.3 is 0 Å². The van der Waals surface area contributed by atoms with Gasteiger partial charge < -0.3 is 14.5 Å². The van der Waals surface area contributed by atoms with E-state index in [0.29, 0.717) is 38.0 Å². The van der Waals surface area contributed by atoms with Crippen LogP contribution in [0, 0.1) is 0 Å². The largest absolute Gasteiger partial charge is 0.363 e. The third-order valence-corrected chi connectivity index (χ3v) is 5.53. The highest BCUT2D eigenvalue weighted by molar-refractivity contribution is 7.08. The maximum atomic E-state index is 12.5. The van der Waals surface area contributed by atoms with Crippen molar-refractivity contribution in [1.82, 2.24) is 15.1 Å². The van der Waals surface area contributed by atoms with Gasteiger partial charge in [-0.2, -0.15) is 21.5 Å². The number of anilines is 1. The van der Waals surface area contributed by atoms with Gasteiger partial charge in [-0.1, -0.05) is 0 Å². The van der Waals surface area contributed by atoms with Crippen LogP contribution in [0.1, 0.15) is 23.2 Å². The van der Waals surface area contributed by atoms with Crippen molar-refractivity contribution in [2.45, 2.75) is 18.4 Å². The van der Waals surface area contributed by atoms with E-state index in [1.165, 1.54) is 12.4 Å². The van der Waals surface area contributed by atoms with E-state index >= 15 is 0 Å². The van der Waals surface area contributed by atoms with E-state index in [9.17, 15) is 9.59 Å². The van der Waals surface area contributed by atoms with Gasteiger partial charge in [0.05, 0.1) is 35.8 Å². The standard InChI is InChI=1S/C17H18N4O3S/c22-15-10-24-17(12-21(15)14-2-8-25-11-14)3-6-20(7-4-17)16(23)13-1-5-18-19-9-13/h1-2,5,8-9,11H,3-4,6-7,10,12H2. The minimum Gasteiger partial charge on any atom is -0.363 e. The van der Waals surface area contributed by atoms with Crippen LogP contribution >= 0.6 is 11.3 Å². The lowest BCUT2D eigenvalue weighted by Gasteiger charge is -2.46. The molecule has 7 nitrogen and oxygen atoms in total. The summed E-state index contributed by atoms with van der Waals surface area (Å²) in [5.74, 6) is -0.0447. The number of nitrogens with zero attached hydrogens (tertiary/aromatic N) is 4. The zero-order chi connectivity index (χ0) is 17.3. The van der Waals surface area contributed by atoms with Crippen LogP contribution in [0.5, 0.6) is 0 Å². The van der Waals surface area contributed by atoms with Crippen LogP contribution in [0.15, 0.2) is 35.3 Å². The zero-order valence-corrected chi connectivity index (χ0v) is 14.4. The molecule has 4 rings (SSSR count). The first-order valence-electron chi connectivity index (χ1n) is 8.19. The predicted molar refractivity (Wildman–Crippen MR) is 92.5 cm³/mol. The smallest absolute Gasteiger partial charge is 0.255 e. The van der Waals surface area contributed by atoms with E-state index in [0.717, 1.165) is 5.69 Å². The summed E-state index contributed by atoms with van der Waals surface area (Å²) in [5.41, 5.74) is 1.10. The number of ether oxygens (including phenoxy) is 1. The molecule has 0 saturated carbocycles. The lowest BCUT2D eigenvalue weighted by atomic mass is 9.89. The van der Waals surface area contributed by atoms with E-state index in [-0.39, 0.29) is 24.0 Å². The molecule has 130 valence electrons. The Balaban J connectivity index is 1.44. The van der Waals surface area contributed by atoms with Gasteiger partial charge in [0.15, 0.2) is 0 Å². The fraction of sp³-hybridized carbons (Fsp3) is 0.412. The Hall–Kier alpha value is -2.32. The summed E-state index contributed by atoms with van der Waals surface area (Å²) in [5, 5.41) is 11.4. The number of thiophene rings is 1. The normalized spacial score (nSPS) is 20.1. The Bertz CT molecular complexity index is 757. The monoisotopic (exact) mass is 358 g/mol. The Kier molecular flexibility index (Phi) is 4.22. The summed E-state index contributed by atoms with van der Waals surface area (Å²) >= 11 is 1.57. The number of likely N-dealkylation sites (tertiary alicyclic amines) is 1. The molecule has 2 saturated heterocycles. The van der Waals surface area contributed by atoms with Crippen LogP contribution in [0.4, 0.5) is 5.69 Å². The number of piperidine rings is 1. The van der Waals surface area contributed by atoms with Crippen molar-refractivity contribution in [1.29, 1.82) is 0 Å². The van der Waals surface area contributed by atoms with Gasteiger partial charge in [-0.25, -0.2) is 0 Å². The lowest BCUT2D eigenvalue weighted by Crippen LogP contribution is -2.59. The number of morpholine rings is 1. The van der Waals surface area contributed by atoms with E-state index in [2.05, 4.69) is 10.2 Å². The molecule has 0 N–H and O–H groups in total. The Labute approximate surface area is 149 Å². The first-order valence-corrected chi connectivity index (χ1v) is 9.14. The molecule has 0 atom stereocenters. The summed E-state index contributed by atoms with van der Waals surface area (Å²) in [6.07, 6.45) is 4.43. The fourth-order valence-corrected chi connectivity index (χ4v) is 4.02. The van der Waals surface area contributed by atoms with Crippen molar-refractivity contribution in [2.75, 3.05) is 31.1 Å². The molecule has 2 aromatic rings. The molecule has 0 aliphatic carbocycles. The fourth-order valence-electron chi connectivity index (χ4n) is 3.38. The quantitative estimate of drug-likeness (QED) is 0.815. The molecule has 8 heteroatoms. The molecule has 2 amide bonds. The molecule has 4 heterocycles. The summed E-state index contributed by atoms with van der Waals surface area (Å²) in [6.45, 7) is 1.85. The van der Waals surface area contributed by atoms with Crippen molar-refractivity contribution in [2.24, 2.45) is 0 Å². The highest BCUT2D eigenvalue weighted by Gasteiger charge is 2.43. The molecule has 2 aliphatic rings. The maximum Gasteiger partial charge on any atom is 0.255 e. The predicted octanol–water partition coefficient (Wildman–Crippen LogP) is 1.58. The van der Waals surface area contributed by atoms with Crippen LogP contribution in [-0.4, -0.2) is 58.8 Å². The average Bonchev–Trinajstić information content (AvgIpc) is 3.19. The Morgan fingerprint density at radius 1 is 1.24 bits per heavy atom. The van der Waals surface area contributed by atoms with Crippen LogP contribution in [0.25, 0.3) is 0 Å². The molecule has 0 bridgehead atoms. The van der Waals surface area contributed by atoms with E-state index in [1.54, 1.807) is 17.4 Å². The maximum absolute atomic E-state index is 12.5.